The maximum atomic E-state index is 5.84. The molecule has 0 unspecified atom stereocenters. The summed E-state index contributed by atoms with van der Waals surface area (Å²) in [7, 11) is 0. The standard InChI is InChI=1S/C11H6Cl3/c12-11(13,14)10-7-3-5-8-4-1-2-6-9(8)10/h1-6H. The van der Waals surface area contributed by atoms with Gasteiger partial charge in [0.25, 0.3) is 0 Å². The van der Waals surface area contributed by atoms with Crippen LogP contribution < -0.4 is 0 Å². The van der Waals surface area contributed by atoms with E-state index in [1.54, 1.807) is 6.07 Å². The molecule has 1 radical (unpaired) electrons. The van der Waals surface area contributed by atoms with Crippen LogP contribution in [0.4, 0.5) is 0 Å². The molecule has 0 aliphatic rings. The molecule has 3 heteroatoms. The Kier molecular flexibility index (Phi) is 2.61. The predicted molar refractivity (Wildman–Crippen MR) is 62.0 cm³/mol. The first-order chi connectivity index (χ1) is 6.59. The molecule has 2 rings (SSSR count). The average molecular weight is 245 g/mol. The fourth-order valence-electron chi connectivity index (χ4n) is 1.40. The van der Waals surface area contributed by atoms with Gasteiger partial charge in [0, 0.05) is 5.56 Å². The number of rotatable bonds is 0. The Morgan fingerprint density at radius 2 is 1.71 bits per heavy atom. The lowest BCUT2D eigenvalue weighted by atomic mass is 10.1. The molecule has 0 bridgehead atoms. The van der Waals surface area contributed by atoms with E-state index in [9.17, 15) is 0 Å². The molecule has 0 aromatic heterocycles. The molecular weight excluding hydrogens is 238 g/mol. The minimum atomic E-state index is -1.42. The number of hydrogen-bond donors (Lipinski definition) is 0. The van der Waals surface area contributed by atoms with Gasteiger partial charge in [-0.25, -0.2) is 0 Å². The van der Waals surface area contributed by atoms with Gasteiger partial charge in [-0.15, -0.1) is 0 Å². The lowest BCUT2D eigenvalue weighted by molar-refractivity contribution is 1.27. The second-order valence-electron chi connectivity index (χ2n) is 2.94. The van der Waals surface area contributed by atoms with E-state index >= 15 is 0 Å². The molecule has 2 aromatic rings. The summed E-state index contributed by atoms with van der Waals surface area (Å²) in [6.07, 6.45) is 0. The Balaban J connectivity index is 2.78. The molecule has 0 aliphatic carbocycles. The summed E-state index contributed by atoms with van der Waals surface area (Å²) in [4.78, 5) is 0. The second kappa shape index (κ2) is 3.62. The molecule has 0 saturated carbocycles. The highest BCUT2D eigenvalue weighted by Gasteiger charge is 2.24. The molecular formula is C11H6Cl3. The zero-order chi connectivity index (χ0) is 10.2. The topological polar surface area (TPSA) is 0 Å². The van der Waals surface area contributed by atoms with Crippen LogP contribution in [0.1, 0.15) is 5.56 Å². The van der Waals surface area contributed by atoms with Crippen LogP contribution in [0.3, 0.4) is 0 Å². The van der Waals surface area contributed by atoms with Gasteiger partial charge in [-0.1, -0.05) is 71.2 Å². The molecule has 71 valence electrons. The Morgan fingerprint density at radius 1 is 1.00 bits per heavy atom. The van der Waals surface area contributed by atoms with E-state index in [0.29, 0.717) is 5.56 Å². The van der Waals surface area contributed by atoms with E-state index in [2.05, 4.69) is 6.07 Å². The zero-order valence-electron chi connectivity index (χ0n) is 7.10. The smallest absolute Gasteiger partial charge is 0.0784 e. The van der Waals surface area contributed by atoms with Crippen LogP contribution in [0, 0.1) is 6.07 Å². The van der Waals surface area contributed by atoms with Crippen molar-refractivity contribution in [2.24, 2.45) is 0 Å². The molecule has 0 aliphatic heterocycles. The van der Waals surface area contributed by atoms with Crippen molar-refractivity contribution in [2.45, 2.75) is 3.79 Å². The van der Waals surface area contributed by atoms with Crippen LogP contribution >= 0.6 is 34.8 Å². The first-order valence-corrected chi connectivity index (χ1v) is 5.19. The molecule has 0 spiro atoms. The van der Waals surface area contributed by atoms with Crippen molar-refractivity contribution in [2.75, 3.05) is 0 Å². The van der Waals surface area contributed by atoms with Crippen molar-refractivity contribution in [3.8, 4) is 0 Å². The maximum absolute atomic E-state index is 5.84. The SMILES string of the molecule is ClC(Cl)(Cl)c1[c]ccc2ccccc12. The predicted octanol–water partition coefficient (Wildman–Crippen LogP) is 4.47. The fourth-order valence-corrected chi connectivity index (χ4v) is 1.87. The van der Waals surface area contributed by atoms with Gasteiger partial charge in [0.2, 0.25) is 3.79 Å². The highest BCUT2D eigenvalue weighted by atomic mass is 35.6. The van der Waals surface area contributed by atoms with Crippen LogP contribution in [0.2, 0.25) is 0 Å². The minimum Gasteiger partial charge on any atom is -0.0784 e. The lowest BCUT2D eigenvalue weighted by Crippen LogP contribution is -2.00. The van der Waals surface area contributed by atoms with E-state index < -0.39 is 3.79 Å². The number of hydrogen-bond acceptors (Lipinski definition) is 0. The normalized spacial score (nSPS) is 11.9. The van der Waals surface area contributed by atoms with Crippen molar-refractivity contribution < 1.29 is 0 Å². The lowest BCUT2D eigenvalue weighted by Gasteiger charge is -2.13. The summed E-state index contributed by atoms with van der Waals surface area (Å²) in [5, 5.41) is 1.97. The maximum Gasteiger partial charge on any atom is 0.217 e. The molecule has 0 amide bonds. The Morgan fingerprint density at radius 3 is 2.43 bits per heavy atom. The van der Waals surface area contributed by atoms with Gasteiger partial charge < -0.3 is 0 Å². The highest BCUT2D eigenvalue weighted by molar-refractivity contribution is 6.67. The fraction of sp³-hybridized carbons (Fsp3) is 0.0909. The summed E-state index contributed by atoms with van der Waals surface area (Å²) in [5.74, 6) is 0. The average Bonchev–Trinajstić information content (AvgIpc) is 2.15. The largest absolute Gasteiger partial charge is 0.217 e. The van der Waals surface area contributed by atoms with Crippen LogP contribution in [0.5, 0.6) is 0 Å². The zero-order valence-corrected chi connectivity index (χ0v) is 9.37. The molecule has 0 atom stereocenters. The van der Waals surface area contributed by atoms with Crippen LogP contribution in [0.15, 0.2) is 36.4 Å². The molecule has 0 heterocycles. The van der Waals surface area contributed by atoms with E-state index in [4.69, 9.17) is 34.8 Å². The highest BCUT2D eigenvalue weighted by Crippen LogP contribution is 2.41. The summed E-state index contributed by atoms with van der Waals surface area (Å²) >= 11 is 17.5. The Hall–Kier alpha value is -0.430. The van der Waals surface area contributed by atoms with Gasteiger partial charge in [0.05, 0.1) is 0 Å². The van der Waals surface area contributed by atoms with Crippen LogP contribution in [-0.2, 0) is 3.79 Å². The van der Waals surface area contributed by atoms with Crippen molar-refractivity contribution >= 4 is 45.6 Å². The van der Waals surface area contributed by atoms with Crippen molar-refractivity contribution in [1.82, 2.24) is 0 Å². The molecule has 0 saturated heterocycles. The third-order valence-electron chi connectivity index (χ3n) is 2.00. The third-order valence-corrected chi connectivity index (χ3v) is 2.57. The monoisotopic (exact) mass is 243 g/mol. The number of fused-ring (bicyclic) bond motifs is 1. The molecule has 0 fully saturated rings. The van der Waals surface area contributed by atoms with E-state index in [1.165, 1.54) is 0 Å². The molecule has 0 nitrogen and oxygen atoms in total. The van der Waals surface area contributed by atoms with Crippen LogP contribution in [-0.4, -0.2) is 0 Å². The Labute approximate surface area is 97.4 Å². The van der Waals surface area contributed by atoms with Crippen molar-refractivity contribution in [1.29, 1.82) is 0 Å². The van der Waals surface area contributed by atoms with E-state index in [-0.39, 0.29) is 0 Å². The van der Waals surface area contributed by atoms with Crippen molar-refractivity contribution in [3.63, 3.8) is 0 Å². The quantitative estimate of drug-likeness (QED) is 0.600. The van der Waals surface area contributed by atoms with Gasteiger partial charge in [0.1, 0.15) is 0 Å². The van der Waals surface area contributed by atoms with Gasteiger partial charge in [-0.05, 0) is 16.8 Å². The summed E-state index contributed by atoms with van der Waals surface area (Å²) in [5.41, 5.74) is 0.598. The summed E-state index contributed by atoms with van der Waals surface area (Å²) < 4.78 is -1.42. The van der Waals surface area contributed by atoms with Gasteiger partial charge in [0.15, 0.2) is 0 Å². The first kappa shape index (κ1) is 10.1. The Bertz CT molecular complexity index is 452. The molecule has 2 aromatic carbocycles. The van der Waals surface area contributed by atoms with Gasteiger partial charge >= 0.3 is 0 Å². The number of benzene rings is 2. The van der Waals surface area contributed by atoms with E-state index in [1.807, 2.05) is 30.3 Å². The molecule has 14 heavy (non-hydrogen) atoms. The third kappa shape index (κ3) is 1.83. The second-order valence-corrected chi connectivity index (χ2v) is 5.22. The first-order valence-electron chi connectivity index (χ1n) is 4.05. The van der Waals surface area contributed by atoms with Crippen LogP contribution in [0.25, 0.3) is 10.8 Å². The summed E-state index contributed by atoms with van der Waals surface area (Å²) in [6, 6.07) is 14.4. The number of alkyl halides is 3. The molecule has 0 N–H and O–H groups in total. The summed E-state index contributed by atoms with van der Waals surface area (Å²) in [6.45, 7) is 0. The van der Waals surface area contributed by atoms with Crippen molar-refractivity contribution in [3.05, 3.63) is 48.0 Å². The van der Waals surface area contributed by atoms with E-state index in [0.717, 1.165) is 10.8 Å². The van der Waals surface area contributed by atoms with Gasteiger partial charge in [-0.2, -0.15) is 0 Å². The van der Waals surface area contributed by atoms with Gasteiger partial charge in [-0.3, -0.25) is 0 Å². The minimum absolute atomic E-state index is 0.598. The number of halogens is 3.